The largest absolute Gasteiger partial charge is 0.472 e. The summed E-state index contributed by atoms with van der Waals surface area (Å²) < 4.78 is 20.6. The quantitative estimate of drug-likeness (QED) is 0.645. The van der Waals surface area contributed by atoms with E-state index in [2.05, 4.69) is 10.1 Å². The molecule has 0 bridgehead atoms. The monoisotopic (exact) mass is 386 g/mol. The lowest BCUT2D eigenvalue weighted by Gasteiger charge is -2.27. The Balaban J connectivity index is 1.42. The van der Waals surface area contributed by atoms with E-state index in [0.29, 0.717) is 42.8 Å². The number of halogens is 2. The average molecular weight is 387 g/mol. The van der Waals surface area contributed by atoms with Crippen LogP contribution in [0.15, 0.2) is 48.7 Å². The van der Waals surface area contributed by atoms with Crippen LogP contribution in [0.5, 0.6) is 5.88 Å². The van der Waals surface area contributed by atoms with Crippen LogP contribution in [0.2, 0.25) is 5.15 Å². The second kappa shape index (κ2) is 7.36. The van der Waals surface area contributed by atoms with Gasteiger partial charge in [-0.15, -0.1) is 5.10 Å². The van der Waals surface area contributed by atoms with Crippen molar-refractivity contribution >= 4 is 17.5 Å². The number of hydrogen-bond acceptors (Lipinski definition) is 4. The second-order valence-corrected chi connectivity index (χ2v) is 6.59. The molecule has 1 amide bonds. The fourth-order valence-corrected chi connectivity index (χ4v) is 3.15. The molecule has 0 unspecified atom stereocenters. The molecular weight excluding hydrogens is 371 g/mol. The minimum absolute atomic E-state index is 0.128. The van der Waals surface area contributed by atoms with Crippen LogP contribution in [0.25, 0.3) is 0 Å². The molecule has 4 rings (SSSR count). The molecule has 0 fully saturated rings. The van der Waals surface area contributed by atoms with Crippen molar-refractivity contribution < 1.29 is 13.9 Å². The van der Waals surface area contributed by atoms with Crippen LogP contribution in [-0.4, -0.2) is 32.1 Å². The Morgan fingerprint density at radius 1 is 1.19 bits per heavy atom. The van der Waals surface area contributed by atoms with Crippen molar-refractivity contribution in [1.82, 2.24) is 19.7 Å². The highest BCUT2D eigenvalue weighted by Gasteiger charge is 2.23. The van der Waals surface area contributed by atoms with Gasteiger partial charge in [-0.3, -0.25) is 9.48 Å². The molecule has 0 saturated heterocycles. The van der Waals surface area contributed by atoms with Crippen molar-refractivity contribution in [1.29, 1.82) is 0 Å². The summed E-state index contributed by atoms with van der Waals surface area (Å²) in [6.07, 6.45) is 1.62. The van der Waals surface area contributed by atoms with Gasteiger partial charge in [0.05, 0.1) is 18.8 Å². The van der Waals surface area contributed by atoms with E-state index in [-0.39, 0.29) is 11.7 Å². The summed E-state index contributed by atoms with van der Waals surface area (Å²) >= 11 is 5.87. The fraction of sp³-hybridized carbons (Fsp3) is 0.211. The second-order valence-electron chi connectivity index (χ2n) is 6.21. The van der Waals surface area contributed by atoms with Crippen molar-refractivity contribution in [3.05, 3.63) is 76.5 Å². The maximum atomic E-state index is 13.0. The van der Waals surface area contributed by atoms with Gasteiger partial charge < -0.3 is 9.64 Å². The van der Waals surface area contributed by atoms with Crippen LogP contribution in [0.3, 0.4) is 0 Å². The third-order valence-corrected chi connectivity index (χ3v) is 4.54. The molecule has 6 nitrogen and oxygen atoms in total. The Morgan fingerprint density at radius 2 is 2.00 bits per heavy atom. The van der Waals surface area contributed by atoms with Gasteiger partial charge in [0.2, 0.25) is 5.88 Å². The number of fused-ring (bicyclic) bond motifs is 1. The zero-order chi connectivity index (χ0) is 18.8. The summed E-state index contributed by atoms with van der Waals surface area (Å²) in [7, 11) is 0. The number of nitrogens with zero attached hydrogens (tertiary/aromatic N) is 4. The molecule has 0 spiro atoms. The first-order valence-electron chi connectivity index (χ1n) is 8.43. The van der Waals surface area contributed by atoms with Crippen molar-refractivity contribution in [2.75, 3.05) is 6.54 Å². The van der Waals surface area contributed by atoms with E-state index in [1.165, 1.54) is 24.3 Å². The number of pyridine rings is 1. The highest BCUT2D eigenvalue weighted by atomic mass is 35.5. The molecule has 138 valence electrons. The maximum Gasteiger partial charge on any atom is 0.254 e. The number of ether oxygens (including phenoxy) is 1. The highest BCUT2D eigenvalue weighted by molar-refractivity contribution is 6.29. The molecule has 0 saturated carbocycles. The van der Waals surface area contributed by atoms with Gasteiger partial charge >= 0.3 is 0 Å². The van der Waals surface area contributed by atoms with Crippen molar-refractivity contribution in [2.24, 2.45) is 0 Å². The molecule has 0 atom stereocenters. The Kier molecular flexibility index (Phi) is 4.77. The smallest absolute Gasteiger partial charge is 0.254 e. The molecule has 1 aliphatic heterocycles. The van der Waals surface area contributed by atoms with Crippen molar-refractivity contribution in [3.63, 3.8) is 0 Å². The van der Waals surface area contributed by atoms with Gasteiger partial charge in [0, 0.05) is 24.4 Å². The SMILES string of the molecule is O=C(c1ccc(F)cc1)N1CCn2nc(OCc3ccnc(Cl)c3)cc2C1. The normalized spacial score (nSPS) is 13.3. The van der Waals surface area contributed by atoms with Crippen LogP contribution in [0, 0.1) is 5.82 Å². The fourth-order valence-electron chi connectivity index (χ4n) is 2.95. The number of hydrogen-bond donors (Lipinski definition) is 0. The van der Waals surface area contributed by atoms with Crippen LogP contribution in [0.1, 0.15) is 21.6 Å². The first kappa shape index (κ1) is 17.5. The Morgan fingerprint density at radius 3 is 2.78 bits per heavy atom. The van der Waals surface area contributed by atoms with Gasteiger partial charge in [0.15, 0.2) is 0 Å². The van der Waals surface area contributed by atoms with E-state index in [4.69, 9.17) is 16.3 Å². The molecule has 1 aliphatic rings. The molecular formula is C19H16ClFN4O2. The van der Waals surface area contributed by atoms with Gasteiger partial charge in [0.1, 0.15) is 17.6 Å². The number of amides is 1. The summed E-state index contributed by atoms with van der Waals surface area (Å²) in [6.45, 7) is 1.86. The van der Waals surface area contributed by atoms with Crippen molar-refractivity contribution in [3.8, 4) is 5.88 Å². The topological polar surface area (TPSA) is 60.2 Å². The first-order valence-corrected chi connectivity index (χ1v) is 8.81. The minimum Gasteiger partial charge on any atom is -0.472 e. The molecule has 0 aliphatic carbocycles. The molecule has 0 radical (unpaired) electrons. The number of aromatic nitrogens is 3. The van der Waals surface area contributed by atoms with E-state index in [1.54, 1.807) is 17.2 Å². The van der Waals surface area contributed by atoms with Crippen LogP contribution < -0.4 is 4.74 Å². The van der Waals surface area contributed by atoms with E-state index in [9.17, 15) is 9.18 Å². The molecule has 2 aromatic heterocycles. The Bertz CT molecular complexity index is 974. The maximum absolute atomic E-state index is 13.0. The molecule has 8 heteroatoms. The lowest BCUT2D eigenvalue weighted by molar-refractivity contribution is 0.0706. The van der Waals surface area contributed by atoms with Crippen LogP contribution >= 0.6 is 11.6 Å². The van der Waals surface area contributed by atoms with Crippen LogP contribution in [-0.2, 0) is 19.7 Å². The third kappa shape index (κ3) is 3.93. The molecule has 1 aromatic carbocycles. The Labute approximate surface area is 160 Å². The zero-order valence-corrected chi connectivity index (χ0v) is 15.1. The van der Waals surface area contributed by atoms with Crippen LogP contribution in [0.4, 0.5) is 4.39 Å². The predicted octanol–water partition coefficient (Wildman–Crippen LogP) is 3.31. The van der Waals surface area contributed by atoms with Gasteiger partial charge in [-0.2, -0.15) is 0 Å². The van der Waals surface area contributed by atoms with Gasteiger partial charge in [-0.25, -0.2) is 9.37 Å². The lowest BCUT2D eigenvalue weighted by atomic mass is 10.1. The molecule has 3 aromatic rings. The number of carbonyl (C=O) groups is 1. The number of benzene rings is 1. The summed E-state index contributed by atoms with van der Waals surface area (Å²) in [5.41, 5.74) is 2.25. The first-order chi connectivity index (χ1) is 13.1. The Hall–Kier alpha value is -2.93. The molecule has 0 N–H and O–H groups in total. The van der Waals surface area contributed by atoms with Crippen molar-refractivity contribution in [2.45, 2.75) is 19.7 Å². The predicted molar refractivity (Wildman–Crippen MR) is 96.9 cm³/mol. The van der Waals surface area contributed by atoms with Gasteiger partial charge in [-0.05, 0) is 42.0 Å². The van der Waals surface area contributed by atoms with E-state index in [1.807, 2.05) is 16.8 Å². The summed E-state index contributed by atoms with van der Waals surface area (Å²) in [5, 5.41) is 4.84. The summed E-state index contributed by atoms with van der Waals surface area (Å²) in [4.78, 5) is 18.2. The van der Waals surface area contributed by atoms with E-state index in [0.717, 1.165) is 11.3 Å². The number of carbonyl (C=O) groups excluding carboxylic acids is 1. The minimum atomic E-state index is -0.361. The molecule has 27 heavy (non-hydrogen) atoms. The summed E-state index contributed by atoms with van der Waals surface area (Å²) in [6, 6.07) is 11.0. The third-order valence-electron chi connectivity index (χ3n) is 4.33. The zero-order valence-electron chi connectivity index (χ0n) is 14.3. The van der Waals surface area contributed by atoms with Gasteiger partial charge in [0.25, 0.3) is 5.91 Å². The lowest BCUT2D eigenvalue weighted by Crippen LogP contribution is -2.38. The molecule has 3 heterocycles. The highest BCUT2D eigenvalue weighted by Crippen LogP contribution is 2.21. The van der Waals surface area contributed by atoms with E-state index >= 15 is 0 Å². The summed E-state index contributed by atoms with van der Waals surface area (Å²) in [5.74, 6) is 0.00547. The number of rotatable bonds is 4. The van der Waals surface area contributed by atoms with Gasteiger partial charge in [-0.1, -0.05) is 11.6 Å². The van der Waals surface area contributed by atoms with E-state index < -0.39 is 0 Å². The average Bonchev–Trinajstić information content (AvgIpc) is 3.08. The standard InChI is InChI=1S/C19H16ClFN4O2/c20-17-9-13(5-6-22-17)12-27-18-10-16-11-24(7-8-25(16)23-18)19(26)14-1-3-15(21)4-2-14/h1-6,9-10H,7-8,11-12H2.